The van der Waals surface area contributed by atoms with Gasteiger partial charge < -0.3 is 10.3 Å². The number of alkyl halides is 3. The fourth-order valence-electron chi connectivity index (χ4n) is 4.21. The second-order valence-corrected chi connectivity index (χ2v) is 8.82. The second-order valence-electron chi connectivity index (χ2n) is 8.42. The molecule has 186 valence electrons. The molecule has 0 aliphatic carbocycles. The molecular formula is C22H16ClF4N7O2. The molecule has 4 heterocycles. The number of aromatic nitrogens is 6. The van der Waals surface area contributed by atoms with Crippen molar-refractivity contribution in [3.63, 3.8) is 0 Å². The Kier molecular flexibility index (Phi) is 5.54. The number of amides is 1. The number of aryl methyl sites for hydroxylation is 1. The number of nitrogens with zero attached hydrogens (tertiary/aromatic N) is 5. The van der Waals surface area contributed by atoms with Crippen molar-refractivity contribution >= 4 is 29.0 Å². The number of aromatic amines is 1. The van der Waals surface area contributed by atoms with E-state index in [2.05, 4.69) is 30.4 Å². The molecule has 1 aliphatic rings. The van der Waals surface area contributed by atoms with Crippen molar-refractivity contribution in [2.75, 3.05) is 5.32 Å². The highest BCUT2D eigenvalue weighted by molar-refractivity contribution is 6.30. The molecule has 4 aromatic rings. The second kappa shape index (κ2) is 8.36. The summed E-state index contributed by atoms with van der Waals surface area (Å²) in [6, 6.07) is 3.81. The highest BCUT2D eigenvalue weighted by Crippen LogP contribution is 2.40. The van der Waals surface area contributed by atoms with Crippen molar-refractivity contribution in [2.24, 2.45) is 0 Å². The van der Waals surface area contributed by atoms with E-state index >= 15 is 0 Å². The van der Waals surface area contributed by atoms with E-state index in [0.29, 0.717) is 0 Å². The SMILES string of the molecule is CC1(c2ccc(Cl)c(F)c2)C(=O)Nc2nc(-c3cn4ncnc4c(CCCC(F)(F)F)n3)[nH]c(=O)c21. The van der Waals surface area contributed by atoms with E-state index in [9.17, 15) is 27.2 Å². The van der Waals surface area contributed by atoms with Crippen LogP contribution in [0.5, 0.6) is 0 Å². The predicted octanol–water partition coefficient (Wildman–Crippen LogP) is 3.81. The van der Waals surface area contributed by atoms with Gasteiger partial charge in [-0.25, -0.2) is 23.9 Å². The number of hydrogen-bond donors (Lipinski definition) is 2. The van der Waals surface area contributed by atoms with Crippen molar-refractivity contribution in [3.8, 4) is 11.5 Å². The molecule has 1 atom stereocenters. The first-order valence-electron chi connectivity index (χ1n) is 10.7. The largest absolute Gasteiger partial charge is 0.389 e. The van der Waals surface area contributed by atoms with Gasteiger partial charge in [0.2, 0.25) is 5.91 Å². The summed E-state index contributed by atoms with van der Waals surface area (Å²) in [4.78, 5) is 41.4. The summed E-state index contributed by atoms with van der Waals surface area (Å²) in [6.45, 7) is 1.46. The van der Waals surface area contributed by atoms with Crippen LogP contribution in [0.4, 0.5) is 23.4 Å². The number of fused-ring (bicyclic) bond motifs is 2. The Hall–Kier alpha value is -3.87. The summed E-state index contributed by atoms with van der Waals surface area (Å²) in [5.41, 5.74) is -1.43. The third kappa shape index (κ3) is 3.98. The highest BCUT2D eigenvalue weighted by atomic mass is 35.5. The minimum Gasteiger partial charge on any atom is -0.309 e. The van der Waals surface area contributed by atoms with Gasteiger partial charge in [0, 0.05) is 6.42 Å². The zero-order valence-electron chi connectivity index (χ0n) is 18.5. The van der Waals surface area contributed by atoms with Crippen LogP contribution in [0.1, 0.15) is 36.6 Å². The van der Waals surface area contributed by atoms with Crippen LogP contribution in [0.15, 0.2) is 35.5 Å². The van der Waals surface area contributed by atoms with Crippen LogP contribution >= 0.6 is 11.6 Å². The van der Waals surface area contributed by atoms with Gasteiger partial charge in [0.15, 0.2) is 11.5 Å². The van der Waals surface area contributed by atoms with Crippen LogP contribution in [0, 0.1) is 5.82 Å². The molecule has 1 amide bonds. The Morgan fingerprint density at radius 2 is 1.97 bits per heavy atom. The van der Waals surface area contributed by atoms with Crippen LogP contribution in [-0.2, 0) is 16.6 Å². The molecule has 0 spiro atoms. The monoisotopic (exact) mass is 521 g/mol. The number of H-pyrrole nitrogens is 1. The number of nitrogens with one attached hydrogen (secondary N) is 2. The molecular weight excluding hydrogens is 506 g/mol. The summed E-state index contributed by atoms with van der Waals surface area (Å²) in [5.74, 6) is -1.43. The number of hydrogen-bond acceptors (Lipinski definition) is 6. The van der Waals surface area contributed by atoms with Gasteiger partial charge in [-0.15, -0.1) is 0 Å². The molecule has 0 saturated carbocycles. The van der Waals surface area contributed by atoms with Crippen LogP contribution in [0.3, 0.4) is 0 Å². The number of benzene rings is 1. The van der Waals surface area contributed by atoms with E-state index in [1.807, 2.05) is 0 Å². The maximum Gasteiger partial charge on any atom is 0.389 e. The Labute approximate surface area is 204 Å². The van der Waals surface area contributed by atoms with Gasteiger partial charge in [0.05, 0.1) is 22.5 Å². The quantitative estimate of drug-likeness (QED) is 0.386. The third-order valence-electron chi connectivity index (χ3n) is 6.05. The smallest absolute Gasteiger partial charge is 0.309 e. The average Bonchev–Trinajstić information content (AvgIpc) is 3.37. The lowest BCUT2D eigenvalue weighted by atomic mass is 9.78. The molecule has 1 aromatic carbocycles. The van der Waals surface area contributed by atoms with Crippen LogP contribution in [0.2, 0.25) is 5.02 Å². The normalized spacial score (nSPS) is 17.4. The molecule has 14 heteroatoms. The molecule has 2 N–H and O–H groups in total. The molecule has 36 heavy (non-hydrogen) atoms. The highest BCUT2D eigenvalue weighted by Gasteiger charge is 2.48. The minimum absolute atomic E-state index is 0.0230. The van der Waals surface area contributed by atoms with Crippen LogP contribution in [-0.4, -0.2) is 41.6 Å². The van der Waals surface area contributed by atoms with Crippen LogP contribution < -0.4 is 10.9 Å². The lowest BCUT2D eigenvalue weighted by Gasteiger charge is -2.22. The molecule has 1 aliphatic heterocycles. The number of rotatable bonds is 5. The summed E-state index contributed by atoms with van der Waals surface area (Å²) in [6.07, 6.45) is -2.94. The maximum atomic E-state index is 14.1. The Morgan fingerprint density at radius 3 is 2.69 bits per heavy atom. The summed E-state index contributed by atoms with van der Waals surface area (Å²) >= 11 is 5.76. The Morgan fingerprint density at radius 1 is 1.19 bits per heavy atom. The van der Waals surface area contributed by atoms with E-state index in [-0.39, 0.29) is 57.7 Å². The van der Waals surface area contributed by atoms with E-state index in [1.54, 1.807) is 0 Å². The van der Waals surface area contributed by atoms with E-state index in [1.165, 1.54) is 36.1 Å². The van der Waals surface area contributed by atoms with Crippen molar-refractivity contribution in [3.05, 3.63) is 68.7 Å². The lowest BCUT2D eigenvalue weighted by molar-refractivity contribution is -0.135. The zero-order chi connectivity index (χ0) is 25.8. The first kappa shape index (κ1) is 23.9. The van der Waals surface area contributed by atoms with Gasteiger partial charge in [-0.2, -0.15) is 18.3 Å². The Bertz CT molecular complexity index is 1580. The third-order valence-corrected chi connectivity index (χ3v) is 6.36. The van der Waals surface area contributed by atoms with Crippen molar-refractivity contribution < 1.29 is 22.4 Å². The molecule has 0 fully saturated rings. The van der Waals surface area contributed by atoms with Gasteiger partial charge in [-0.3, -0.25) is 9.59 Å². The van der Waals surface area contributed by atoms with Gasteiger partial charge >= 0.3 is 6.18 Å². The zero-order valence-corrected chi connectivity index (χ0v) is 19.2. The fraction of sp³-hybridized carbons (Fsp3) is 0.273. The van der Waals surface area contributed by atoms with Crippen molar-refractivity contribution in [1.82, 2.24) is 29.5 Å². The predicted molar refractivity (Wildman–Crippen MR) is 120 cm³/mol. The molecule has 9 nitrogen and oxygen atoms in total. The first-order valence-corrected chi connectivity index (χ1v) is 11.0. The number of carbonyl (C=O) groups excluding carboxylic acids is 1. The number of anilines is 1. The van der Waals surface area contributed by atoms with Gasteiger partial charge in [0.1, 0.15) is 29.1 Å². The molecule has 5 rings (SSSR count). The average molecular weight is 522 g/mol. The van der Waals surface area contributed by atoms with Crippen LogP contribution in [0.25, 0.3) is 17.2 Å². The van der Waals surface area contributed by atoms with E-state index < -0.39 is 35.3 Å². The summed E-state index contributed by atoms with van der Waals surface area (Å²) in [5, 5.41) is 6.44. The van der Waals surface area contributed by atoms with E-state index in [0.717, 1.165) is 6.07 Å². The minimum atomic E-state index is -4.31. The standard InChI is InChI=1S/C22H16ClF4N7O2/c1-21(10-4-5-11(23)12(24)7-10)15-17(33-20(21)36)31-16(32-19(15)35)14-8-34-18(28-9-29-34)13(30-14)3-2-6-22(25,26)27/h4-5,7-9H,2-3,6H2,1H3,(H2,31,32,33,35,36). The number of carbonyl (C=O) groups is 1. The van der Waals surface area contributed by atoms with Crippen molar-refractivity contribution in [1.29, 1.82) is 0 Å². The molecule has 1 unspecified atom stereocenters. The van der Waals surface area contributed by atoms with Gasteiger partial charge in [-0.1, -0.05) is 17.7 Å². The van der Waals surface area contributed by atoms with Gasteiger partial charge in [-0.05, 0) is 37.5 Å². The van der Waals surface area contributed by atoms with E-state index in [4.69, 9.17) is 11.6 Å². The Balaban J connectivity index is 1.57. The van der Waals surface area contributed by atoms with Crippen molar-refractivity contribution in [2.45, 2.75) is 37.8 Å². The maximum absolute atomic E-state index is 14.1. The molecule has 0 radical (unpaired) electrons. The molecule has 0 bridgehead atoms. The summed E-state index contributed by atoms with van der Waals surface area (Å²) < 4.78 is 53.3. The molecule has 3 aromatic heterocycles. The van der Waals surface area contributed by atoms with Gasteiger partial charge in [0.25, 0.3) is 5.56 Å². The number of halogens is 5. The summed E-state index contributed by atoms with van der Waals surface area (Å²) in [7, 11) is 0. The topological polar surface area (TPSA) is 118 Å². The fourth-order valence-corrected chi connectivity index (χ4v) is 4.32. The lowest BCUT2D eigenvalue weighted by Crippen LogP contribution is -2.36. The first-order chi connectivity index (χ1) is 17.0. The molecule has 0 saturated heterocycles.